The molecule has 8 heteroatoms. The summed E-state index contributed by atoms with van der Waals surface area (Å²) in [4.78, 5) is 23.6. The van der Waals surface area contributed by atoms with Crippen molar-refractivity contribution < 1.29 is 18.0 Å². The number of amides is 1. The molecule has 2 N–H and O–H groups in total. The number of rotatable bonds is 3. The van der Waals surface area contributed by atoms with Crippen molar-refractivity contribution in [3.05, 3.63) is 41.7 Å². The fourth-order valence-electron chi connectivity index (χ4n) is 4.62. The molecule has 1 aromatic heterocycles. The molecule has 2 heterocycles. The van der Waals surface area contributed by atoms with Gasteiger partial charge in [0, 0.05) is 24.2 Å². The second kappa shape index (κ2) is 8.24. The van der Waals surface area contributed by atoms with Crippen LogP contribution in [0.15, 0.2) is 30.5 Å². The Hall–Kier alpha value is -2.64. The quantitative estimate of drug-likeness (QED) is 0.762. The molecule has 0 spiro atoms. The highest BCUT2D eigenvalue weighted by atomic mass is 19.4. The van der Waals surface area contributed by atoms with Crippen LogP contribution < -0.4 is 5.73 Å². The van der Waals surface area contributed by atoms with Crippen LogP contribution in [0.5, 0.6) is 0 Å². The number of nitrogens with zero attached hydrogens (tertiary/aromatic N) is 3. The molecule has 0 bridgehead atoms. The number of carbonyl (C=O) groups is 1. The van der Waals surface area contributed by atoms with E-state index in [2.05, 4.69) is 9.97 Å². The third-order valence-electron chi connectivity index (χ3n) is 6.17. The molecule has 1 aromatic carbocycles. The number of carbonyl (C=O) groups excluding carboxylic acids is 1. The van der Waals surface area contributed by atoms with Gasteiger partial charge in [0.05, 0.1) is 17.3 Å². The zero-order valence-corrected chi connectivity index (χ0v) is 16.7. The SMILES string of the molecule is Nc1ncc(-c2ccc(C(F)(F)F)cc2)c([C@@H]2CCCN2C(=O)C2CCCCC2)n1. The summed E-state index contributed by atoms with van der Waals surface area (Å²) in [5, 5.41) is 0. The third-order valence-corrected chi connectivity index (χ3v) is 6.17. The molecular weight excluding hydrogens is 393 g/mol. The summed E-state index contributed by atoms with van der Waals surface area (Å²) in [6.07, 6.45) is 3.92. The minimum absolute atomic E-state index is 0.0491. The highest BCUT2D eigenvalue weighted by Gasteiger charge is 2.36. The zero-order chi connectivity index (χ0) is 21.3. The van der Waals surface area contributed by atoms with Crippen molar-refractivity contribution in [2.75, 3.05) is 12.3 Å². The lowest BCUT2D eigenvalue weighted by atomic mass is 9.88. The van der Waals surface area contributed by atoms with E-state index in [1.54, 1.807) is 6.20 Å². The van der Waals surface area contributed by atoms with Crippen molar-refractivity contribution in [2.45, 2.75) is 57.2 Å². The van der Waals surface area contributed by atoms with E-state index in [0.717, 1.165) is 50.7 Å². The maximum atomic E-state index is 13.2. The Morgan fingerprint density at radius 2 is 1.73 bits per heavy atom. The molecule has 2 aliphatic rings. The summed E-state index contributed by atoms with van der Waals surface area (Å²) in [6, 6.07) is 4.71. The lowest BCUT2D eigenvalue weighted by Gasteiger charge is -2.31. The average Bonchev–Trinajstić information content (AvgIpc) is 3.23. The number of likely N-dealkylation sites (tertiary alicyclic amines) is 1. The van der Waals surface area contributed by atoms with Gasteiger partial charge in [-0.3, -0.25) is 4.79 Å². The van der Waals surface area contributed by atoms with E-state index in [-0.39, 0.29) is 23.8 Å². The van der Waals surface area contributed by atoms with Crippen LogP contribution in [0.4, 0.5) is 19.1 Å². The fourth-order valence-corrected chi connectivity index (χ4v) is 4.62. The Balaban J connectivity index is 1.66. The Bertz CT molecular complexity index is 908. The lowest BCUT2D eigenvalue weighted by molar-refractivity contribution is -0.138. The van der Waals surface area contributed by atoms with Crippen molar-refractivity contribution in [3.8, 4) is 11.1 Å². The van der Waals surface area contributed by atoms with Crippen LogP contribution >= 0.6 is 0 Å². The number of hydrogen-bond acceptors (Lipinski definition) is 4. The zero-order valence-electron chi connectivity index (χ0n) is 16.7. The monoisotopic (exact) mass is 418 g/mol. The first kappa shape index (κ1) is 20.6. The molecule has 160 valence electrons. The van der Waals surface area contributed by atoms with Crippen LogP contribution in [0.25, 0.3) is 11.1 Å². The number of hydrogen-bond donors (Lipinski definition) is 1. The van der Waals surface area contributed by atoms with Crippen LogP contribution in [0.1, 0.15) is 62.2 Å². The van der Waals surface area contributed by atoms with E-state index < -0.39 is 11.7 Å². The lowest BCUT2D eigenvalue weighted by Crippen LogP contribution is -2.37. The van der Waals surface area contributed by atoms with Gasteiger partial charge in [-0.1, -0.05) is 31.4 Å². The average molecular weight is 418 g/mol. The number of benzene rings is 1. The first-order chi connectivity index (χ1) is 14.3. The number of aromatic nitrogens is 2. The van der Waals surface area contributed by atoms with Crippen molar-refractivity contribution in [1.29, 1.82) is 0 Å². The topological polar surface area (TPSA) is 72.1 Å². The normalized spacial score (nSPS) is 20.5. The summed E-state index contributed by atoms with van der Waals surface area (Å²) < 4.78 is 38.8. The van der Waals surface area contributed by atoms with Gasteiger partial charge in [0.25, 0.3) is 0 Å². The first-order valence-corrected chi connectivity index (χ1v) is 10.4. The summed E-state index contributed by atoms with van der Waals surface area (Å²) in [6.45, 7) is 0.663. The minimum Gasteiger partial charge on any atom is -0.368 e. The van der Waals surface area contributed by atoms with Crippen LogP contribution in [-0.2, 0) is 11.0 Å². The largest absolute Gasteiger partial charge is 0.416 e. The molecular formula is C22H25F3N4O. The maximum absolute atomic E-state index is 13.2. The van der Waals surface area contributed by atoms with Crippen molar-refractivity contribution >= 4 is 11.9 Å². The third kappa shape index (κ3) is 4.13. The van der Waals surface area contributed by atoms with E-state index in [0.29, 0.717) is 23.4 Å². The molecule has 5 nitrogen and oxygen atoms in total. The van der Waals surface area contributed by atoms with Gasteiger partial charge in [-0.2, -0.15) is 13.2 Å². The number of halogens is 3. The number of nitrogen functional groups attached to an aromatic ring is 1. The molecule has 0 radical (unpaired) electrons. The fraction of sp³-hybridized carbons (Fsp3) is 0.500. The summed E-state index contributed by atoms with van der Waals surface area (Å²) >= 11 is 0. The second-order valence-electron chi connectivity index (χ2n) is 8.13. The Labute approximate surface area is 173 Å². The van der Waals surface area contributed by atoms with Gasteiger partial charge in [0.15, 0.2) is 0 Å². The first-order valence-electron chi connectivity index (χ1n) is 10.4. The summed E-state index contributed by atoms with van der Waals surface area (Å²) in [5.74, 6) is 0.304. The highest BCUT2D eigenvalue weighted by molar-refractivity contribution is 5.80. The molecule has 1 aliphatic heterocycles. The Kier molecular flexibility index (Phi) is 5.66. The molecule has 4 rings (SSSR count). The number of nitrogens with two attached hydrogens (primary N) is 1. The van der Waals surface area contributed by atoms with Crippen LogP contribution in [-0.4, -0.2) is 27.3 Å². The van der Waals surface area contributed by atoms with Gasteiger partial charge >= 0.3 is 6.18 Å². The molecule has 30 heavy (non-hydrogen) atoms. The standard InChI is InChI=1S/C22H25F3N4O/c23-22(24,25)16-10-8-14(9-11-16)17-13-27-21(26)28-19(17)18-7-4-12-29(18)20(30)15-5-2-1-3-6-15/h8-11,13,15,18H,1-7,12H2,(H2,26,27,28)/t18-/m0/s1. The van der Waals surface area contributed by atoms with Gasteiger partial charge in [0.1, 0.15) is 0 Å². The van der Waals surface area contributed by atoms with Crippen molar-refractivity contribution in [2.24, 2.45) is 5.92 Å². The molecule has 2 aromatic rings. The summed E-state index contributed by atoms with van der Waals surface area (Å²) in [7, 11) is 0. The minimum atomic E-state index is -4.40. The van der Waals surface area contributed by atoms with E-state index in [1.165, 1.54) is 18.6 Å². The number of alkyl halides is 3. The van der Waals surface area contributed by atoms with Crippen LogP contribution in [0.2, 0.25) is 0 Å². The van der Waals surface area contributed by atoms with Gasteiger partial charge in [0.2, 0.25) is 11.9 Å². The van der Waals surface area contributed by atoms with E-state index in [9.17, 15) is 18.0 Å². The molecule has 1 atom stereocenters. The van der Waals surface area contributed by atoms with Crippen molar-refractivity contribution in [1.82, 2.24) is 14.9 Å². The molecule has 1 saturated heterocycles. The van der Waals surface area contributed by atoms with E-state index in [1.807, 2.05) is 4.90 Å². The molecule has 1 saturated carbocycles. The molecule has 1 amide bonds. The smallest absolute Gasteiger partial charge is 0.368 e. The molecule has 0 unspecified atom stereocenters. The van der Waals surface area contributed by atoms with E-state index >= 15 is 0 Å². The summed E-state index contributed by atoms with van der Waals surface area (Å²) in [5.41, 5.74) is 6.95. The Morgan fingerprint density at radius 1 is 1.03 bits per heavy atom. The van der Waals surface area contributed by atoms with Crippen molar-refractivity contribution in [3.63, 3.8) is 0 Å². The Morgan fingerprint density at radius 3 is 2.40 bits per heavy atom. The predicted molar refractivity (Wildman–Crippen MR) is 107 cm³/mol. The van der Waals surface area contributed by atoms with Gasteiger partial charge in [-0.15, -0.1) is 0 Å². The molecule has 1 aliphatic carbocycles. The highest BCUT2D eigenvalue weighted by Crippen LogP contribution is 2.39. The predicted octanol–water partition coefficient (Wildman–Crippen LogP) is 4.99. The van der Waals surface area contributed by atoms with E-state index in [4.69, 9.17) is 5.73 Å². The maximum Gasteiger partial charge on any atom is 0.416 e. The molecule has 2 fully saturated rings. The van der Waals surface area contributed by atoms with Gasteiger partial charge in [-0.25, -0.2) is 9.97 Å². The van der Waals surface area contributed by atoms with Crippen LogP contribution in [0.3, 0.4) is 0 Å². The number of anilines is 1. The second-order valence-corrected chi connectivity index (χ2v) is 8.13. The van der Waals surface area contributed by atoms with Crippen LogP contribution in [0, 0.1) is 5.92 Å². The van der Waals surface area contributed by atoms with Gasteiger partial charge < -0.3 is 10.6 Å². The van der Waals surface area contributed by atoms with Gasteiger partial charge in [-0.05, 0) is 43.4 Å².